The molecule has 3 rings (SSSR count). The number of thioether (sulfide) groups is 1. The fourth-order valence-corrected chi connectivity index (χ4v) is 3.98. The first-order valence-electron chi connectivity index (χ1n) is 6.55. The van der Waals surface area contributed by atoms with Crippen LogP contribution in [0.3, 0.4) is 0 Å². The van der Waals surface area contributed by atoms with Crippen LogP contribution in [0, 0.1) is 0 Å². The Morgan fingerprint density at radius 1 is 1.58 bits per heavy atom. The molecule has 2 aromatic heterocycles. The van der Waals surface area contributed by atoms with Crippen molar-refractivity contribution < 1.29 is 0 Å². The predicted octanol–water partition coefficient (Wildman–Crippen LogP) is 2.86. The molecule has 1 fully saturated rings. The van der Waals surface area contributed by atoms with E-state index < -0.39 is 0 Å². The molecule has 0 bridgehead atoms. The van der Waals surface area contributed by atoms with Gasteiger partial charge in [-0.05, 0) is 37.1 Å². The highest BCUT2D eigenvalue weighted by atomic mass is 32.2. The Labute approximate surface area is 121 Å². The van der Waals surface area contributed by atoms with E-state index in [9.17, 15) is 0 Å². The van der Waals surface area contributed by atoms with Gasteiger partial charge in [-0.15, -0.1) is 11.3 Å². The summed E-state index contributed by atoms with van der Waals surface area (Å²) in [6, 6.07) is 4.79. The van der Waals surface area contributed by atoms with Gasteiger partial charge in [0, 0.05) is 11.8 Å². The van der Waals surface area contributed by atoms with E-state index >= 15 is 0 Å². The average molecular weight is 294 g/mol. The van der Waals surface area contributed by atoms with Crippen LogP contribution >= 0.6 is 23.1 Å². The molecule has 0 aromatic carbocycles. The molecule has 0 spiro atoms. The molecule has 2 aromatic rings. The summed E-state index contributed by atoms with van der Waals surface area (Å²) < 4.78 is 0. The Hall–Kier alpha value is -0.850. The van der Waals surface area contributed by atoms with Gasteiger partial charge < -0.3 is 0 Å². The van der Waals surface area contributed by atoms with Crippen molar-refractivity contribution in [3.8, 4) is 10.7 Å². The van der Waals surface area contributed by atoms with Crippen molar-refractivity contribution in [2.45, 2.75) is 25.4 Å². The number of nitrogens with zero attached hydrogens (tertiary/aromatic N) is 3. The van der Waals surface area contributed by atoms with Gasteiger partial charge in [0.2, 0.25) is 0 Å². The van der Waals surface area contributed by atoms with Gasteiger partial charge in [0.05, 0.1) is 11.4 Å². The quantitative estimate of drug-likeness (QED) is 0.921. The highest BCUT2D eigenvalue weighted by Gasteiger charge is 2.24. The predicted molar refractivity (Wildman–Crippen MR) is 81.5 cm³/mol. The Bertz CT molecular complexity index is 508. The van der Waals surface area contributed by atoms with E-state index in [1.807, 2.05) is 17.8 Å². The van der Waals surface area contributed by atoms with Gasteiger partial charge in [-0.25, -0.2) is 4.98 Å². The summed E-state index contributed by atoms with van der Waals surface area (Å²) in [5, 5.41) is 9.45. The molecule has 1 saturated heterocycles. The normalized spacial score (nSPS) is 20.2. The van der Waals surface area contributed by atoms with Gasteiger partial charge in [0.1, 0.15) is 5.82 Å². The van der Waals surface area contributed by atoms with Crippen molar-refractivity contribution >= 4 is 23.1 Å². The molecule has 0 saturated carbocycles. The number of hydrogen-bond donors (Lipinski definition) is 1. The summed E-state index contributed by atoms with van der Waals surface area (Å²) in [5.74, 6) is 3.02. The molecule has 1 N–H and O–H groups in total. The van der Waals surface area contributed by atoms with Crippen molar-refractivity contribution in [1.29, 1.82) is 0 Å². The summed E-state index contributed by atoms with van der Waals surface area (Å²) in [7, 11) is 0. The minimum absolute atomic E-state index is 0.699. The highest BCUT2D eigenvalue weighted by molar-refractivity contribution is 7.98. The first kappa shape index (κ1) is 13.1. The lowest BCUT2D eigenvalue weighted by Crippen LogP contribution is -2.31. The molecule has 3 heterocycles. The van der Waals surface area contributed by atoms with Crippen molar-refractivity contribution in [1.82, 2.24) is 20.1 Å². The molecule has 4 nitrogen and oxygen atoms in total. The van der Waals surface area contributed by atoms with Crippen LogP contribution in [0.2, 0.25) is 0 Å². The minimum Gasteiger partial charge on any atom is -0.292 e. The van der Waals surface area contributed by atoms with Crippen LogP contribution < -0.4 is 0 Å². The second-order valence-corrected chi connectivity index (χ2v) is 6.66. The third-order valence-electron chi connectivity index (χ3n) is 3.48. The maximum atomic E-state index is 4.61. The molecule has 1 aliphatic heterocycles. The van der Waals surface area contributed by atoms with Crippen molar-refractivity contribution in [2.75, 3.05) is 18.6 Å². The van der Waals surface area contributed by atoms with Crippen LogP contribution in [0.15, 0.2) is 17.5 Å². The van der Waals surface area contributed by atoms with Crippen LogP contribution in [0.4, 0.5) is 0 Å². The molecule has 1 aliphatic rings. The van der Waals surface area contributed by atoms with Crippen LogP contribution in [-0.4, -0.2) is 44.7 Å². The third kappa shape index (κ3) is 3.01. The van der Waals surface area contributed by atoms with E-state index in [0.717, 1.165) is 23.1 Å². The van der Waals surface area contributed by atoms with Crippen LogP contribution in [0.25, 0.3) is 10.7 Å². The second-order valence-electron chi connectivity index (χ2n) is 4.80. The minimum atomic E-state index is 0.699. The summed E-state index contributed by atoms with van der Waals surface area (Å²) in [6.07, 6.45) is 4.80. The van der Waals surface area contributed by atoms with Crippen LogP contribution in [0.5, 0.6) is 0 Å². The largest absolute Gasteiger partial charge is 0.292 e. The molecule has 102 valence electrons. The monoisotopic (exact) mass is 294 g/mol. The molecule has 6 heteroatoms. The number of aromatic amines is 1. The molecule has 19 heavy (non-hydrogen) atoms. The summed E-state index contributed by atoms with van der Waals surface area (Å²) in [4.78, 5) is 8.26. The van der Waals surface area contributed by atoms with E-state index in [1.165, 1.54) is 25.1 Å². The van der Waals surface area contributed by atoms with Crippen molar-refractivity contribution in [3.05, 3.63) is 23.3 Å². The molecule has 1 atom stereocenters. The van der Waals surface area contributed by atoms with E-state index in [1.54, 1.807) is 11.3 Å². The molecule has 0 unspecified atom stereocenters. The topological polar surface area (TPSA) is 44.8 Å². The Balaban J connectivity index is 1.67. The molecular formula is C13H18N4S2. The lowest BCUT2D eigenvalue weighted by Gasteiger charge is -2.22. The smallest absolute Gasteiger partial charge is 0.191 e. The molecule has 0 amide bonds. The number of hydrogen-bond acceptors (Lipinski definition) is 5. The average Bonchev–Trinajstić information content (AvgIpc) is 3.12. The third-order valence-corrected chi connectivity index (χ3v) is 5.07. The standard InChI is InChI=1S/C13H18N4S2/c1-18-9-10-4-2-6-17(10)8-12-14-13(16-15-12)11-5-3-7-19-11/h3,5,7,10H,2,4,6,8-9H2,1H3,(H,14,15,16)/t10-/m0/s1. The zero-order valence-electron chi connectivity index (χ0n) is 11.0. The molecule has 0 aliphatic carbocycles. The number of nitrogens with one attached hydrogen (secondary N) is 1. The lowest BCUT2D eigenvalue weighted by atomic mass is 10.2. The lowest BCUT2D eigenvalue weighted by molar-refractivity contribution is 0.257. The SMILES string of the molecule is CSC[C@@H]1CCCN1Cc1nc(-c2cccs2)n[nH]1. The van der Waals surface area contributed by atoms with Crippen LogP contribution in [-0.2, 0) is 6.54 Å². The Kier molecular flexibility index (Phi) is 4.20. The van der Waals surface area contributed by atoms with Gasteiger partial charge >= 0.3 is 0 Å². The molecule has 0 radical (unpaired) electrons. The zero-order valence-corrected chi connectivity index (χ0v) is 12.6. The summed E-state index contributed by atoms with van der Waals surface area (Å²) >= 11 is 3.61. The first-order valence-corrected chi connectivity index (χ1v) is 8.82. The summed E-state index contributed by atoms with van der Waals surface area (Å²) in [6.45, 7) is 2.07. The number of likely N-dealkylation sites (tertiary alicyclic amines) is 1. The number of H-pyrrole nitrogens is 1. The Morgan fingerprint density at radius 2 is 2.53 bits per heavy atom. The van der Waals surface area contributed by atoms with E-state index in [2.05, 4.69) is 37.8 Å². The maximum Gasteiger partial charge on any atom is 0.191 e. The second kappa shape index (κ2) is 6.07. The first-order chi connectivity index (χ1) is 9.36. The number of rotatable bonds is 5. The van der Waals surface area contributed by atoms with Gasteiger partial charge in [-0.1, -0.05) is 6.07 Å². The summed E-state index contributed by atoms with van der Waals surface area (Å²) in [5.41, 5.74) is 0. The van der Waals surface area contributed by atoms with E-state index in [-0.39, 0.29) is 0 Å². The van der Waals surface area contributed by atoms with Gasteiger partial charge in [0.25, 0.3) is 0 Å². The highest BCUT2D eigenvalue weighted by Crippen LogP contribution is 2.23. The van der Waals surface area contributed by atoms with Crippen molar-refractivity contribution in [3.63, 3.8) is 0 Å². The van der Waals surface area contributed by atoms with E-state index in [0.29, 0.717) is 6.04 Å². The number of thiophene rings is 1. The number of aromatic nitrogens is 3. The van der Waals surface area contributed by atoms with Crippen molar-refractivity contribution in [2.24, 2.45) is 0 Å². The van der Waals surface area contributed by atoms with Gasteiger partial charge in [-0.2, -0.15) is 16.9 Å². The zero-order chi connectivity index (χ0) is 13.1. The maximum absolute atomic E-state index is 4.61. The van der Waals surface area contributed by atoms with Gasteiger partial charge in [0.15, 0.2) is 5.82 Å². The fraction of sp³-hybridized carbons (Fsp3) is 0.538. The van der Waals surface area contributed by atoms with Gasteiger partial charge in [-0.3, -0.25) is 10.00 Å². The fourth-order valence-electron chi connectivity index (χ4n) is 2.56. The van der Waals surface area contributed by atoms with E-state index in [4.69, 9.17) is 0 Å². The van der Waals surface area contributed by atoms with Crippen LogP contribution in [0.1, 0.15) is 18.7 Å². The Morgan fingerprint density at radius 3 is 3.32 bits per heavy atom. The molecular weight excluding hydrogens is 276 g/mol.